The van der Waals surface area contributed by atoms with Gasteiger partial charge in [-0.3, -0.25) is 4.79 Å². The second-order valence-corrected chi connectivity index (χ2v) is 9.24. The molecule has 150 valence electrons. The van der Waals surface area contributed by atoms with Gasteiger partial charge in [-0.05, 0) is 30.3 Å². The van der Waals surface area contributed by atoms with Gasteiger partial charge in [-0.25, -0.2) is 8.42 Å². The number of carbonyl (C=O) groups excluding carboxylic acids is 1. The number of benzene rings is 2. The molecule has 1 aliphatic rings. The van der Waals surface area contributed by atoms with Crippen LogP contribution in [0.4, 0.5) is 0 Å². The van der Waals surface area contributed by atoms with Crippen molar-refractivity contribution < 1.29 is 17.9 Å². The van der Waals surface area contributed by atoms with Gasteiger partial charge in [-0.2, -0.15) is 4.31 Å². The number of ether oxygens (including phenoxy) is 1. The fourth-order valence-corrected chi connectivity index (χ4v) is 5.13. The molecule has 0 N–H and O–H groups in total. The molecule has 0 aliphatic carbocycles. The molecule has 1 aliphatic heterocycles. The number of piperazine rings is 1. The molecule has 0 aromatic heterocycles. The molecular weight excluding hydrogens is 447 g/mol. The molecule has 1 saturated heterocycles. The fraction of sp³-hybridized carbons (Fsp3) is 0.278. The van der Waals surface area contributed by atoms with Crippen molar-refractivity contribution in [3.05, 3.63) is 57.5 Å². The Bertz CT molecular complexity index is 977. The Morgan fingerprint density at radius 3 is 2.32 bits per heavy atom. The van der Waals surface area contributed by atoms with Gasteiger partial charge >= 0.3 is 0 Å². The number of amides is 1. The Morgan fingerprint density at radius 2 is 1.64 bits per heavy atom. The van der Waals surface area contributed by atoms with Gasteiger partial charge in [0.1, 0.15) is 10.6 Å². The molecule has 10 heteroatoms. The summed E-state index contributed by atoms with van der Waals surface area (Å²) in [5.74, 6) is 0.187. The smallest absolute Gasteiger partial charge is 0.260 e. The number of halogens is 3. The topological polar surface area (TPSA) is 66.9 Å². The van der Waals surface area contributed by atoms with E-state index in [2.05, 4.69) is 0 Å². The molecular formula is C18H17Cl3N2O4S. The first-order chi connectivity index (χ1) is 13.3. The SMILES string of the molecule is O=C(COc1ccccc1Cl)N1CCN(S(=O)(=O)c2cc(Cl)ccc2Cl)CC1. The molecule has 1 fully saturated rings. The maximum atomic E-state index is 12.8. The number of hydrogen-bond acceptors (Lipinski definition) is 4. The van der Waals surface area contributed by atoms with Gasteiger partial charge in [-0.15, -0.1) is 0 Å². The summed E-state index contributed by atoms with van der Waals surface area (Å²) in [5, 5.41) is 0.814. The Morgan fingerprint density at radius 1 is 0.964 bits per heavy atom. The van der Waals surface area contributed by atoms with E-state index in [0.29, 0.717) is 10.8 Å². The Balaban J connectivity index is 1.60. The van der Waals surface area contributed by atoms with E-state index in [1.54, 1.807) is 29.2 Å². The van der Waals surface area contributed by atoms with Crippen LogP contribution in [0.1, 0.15) is 0 Å². The first-order valence-corrected chi connectivity index (χ1v) is 11.0. The van der Waals surface area contributed by atoms with Crippen molar-refractivity contribution in [2.45, 2.75) is 4.90 Å². The van der Waals surface area contributed by atoms with Crippen LogP contribution in [0.3, 0.4) is 0 Å². The summed E-state index contributed by atoms with van der Waals surface area (Å²) in [6, 6.07) is 11.2. The van der Waals surface area contributed by atoms with Crippen LogP contribution in [0.15, 0.2) is 47.4 Å². The summed E-state index contributed by atoms with van der Waals surface area (Å²) in [5.41, 5.74) is 0. The number of nitrogens with zero attached hydrogens (tertiary/aromatic N) is 2. The minimum absolute atomic E-state index is 0.0384. The lowest BCUT2D eigenvalue weighted by atomic mass is 10.3. The summed E-state index contributed by atoms with van der Waals surface area (Å²) < 4.78 is 32.4. The summed E-state index contributed by atoms with van der Waals surface area (Å²) in [6.45, 7) is 0.646. The quantitative estimate of drug-likeness (QED) is 0.680. The van der Waals surface area contributed by atoms with E-state index in [1.165, 1.54) is 22.5 Å². The number of sulfonamides is 1. The highest BCUT2D eigenvalue weighted by Gasteiger charge is 2.31. The molecule has 2 aromatic rings. The molecule has 2 aromatic carbocycles. The standard InChI is InChI=1S/C18H17Cl3N2O4S/c19-13-5-6-15(21)17(11-13)28(25,26)23-9-7-22(8-10-23)18(24)12-27-16-4-2-1-3-14(16)20/h1-6,11H,7-10,12H2. The molecule has 0 unspecified atom stereocenters. The summed E-state index contributed by atoms with van der Waals surface area (Å²) >= 11 is 17.9. The number of rotatable bonds is 5. The van der Waals surface area contributed by atoms with Crippen LogP contribution >= 0.6 is 34.8 Å². The predicted octanol–water partition coefficient (Wildman–Crippen LogP) is 3.56. The third-order valence-electron chi connectivity index (χ3n) is 4.29. The normalized spacial score (nSPS) is 15.5. The van der Waals surface area contributed by atoms with Gasteiger partial charge in [0.2, 0.25) is 10.0 Å². The summed E-state index contributed by atoms with van der Waals surface area (Å²) in [4.78, 5) is 13.9. The van der Waals surface area contributed by atoms with Crippen LogP contribution in [0.2, 0.25) is 15.1 Å². The zero-order valence-electron chi connectivity index (χ0n) is 14.6. The molecule has 0 radical (unpaired) electrons. The number of carbonyl (C=O) groups is 1. The zero-order valence-corrected chi connectivity index (χ0v) is 17.7. The van der Waals surface area contributed by atoms with Crippen LogP contribution in [0.25, 0.3) is 0 Å². The van der Waals surface area contributed by atoms with Gasteiger partial charge in [0.15, 0.2) is 6.61 Å². The molecule has 0 atom stereocenters. The van der Waals surface area contributed by atoms with Crippen molar-refractivity contribution in [1.82, 2.24) is 9.21 Å². The highest BCUT2D eigenvalue weighted by molar-refractivity contribution is 7.89. The Kier molecular flexibility index (Phi) is 6.73. The van der Waals surface area contributed by atoms with Crippen LogP contribution in [0, 0.1) is 0 Å². The molecule has 3 rings (SSSR count). The Labute approximate surface area is 178 Å². The van der Waals surface area contributed by atoms with Crippen LogP contribution in [0.5, 0.6) is 5.75 Å². The van der Waals surface area contributed by atoms with E-state index in [4.69, 9.17) is 39.5 Å². The van der Waals surface area contributed by atoms with E-state index in [-0.39, 0.29) is 53.6 Å². The van der Waals surface area contributed by atoms with E-state index < -0.39 is 10.0 Å². The first kappa shape index (κ1) is 21.2. The second-order valence-electron chi connectivity index (χ2n) is 6.08. The lowest BCUT2D eigenvalue weighted by Crippen LogP contribution is -2.51. The van der Waals surface area contributed by atoms with Gasteiger partial charge in [-0.1, -0.05) is 46.9 Å². The van der Waals surface area contributed by atoms with E-state index in [1.807, 2.05) is 0 Å². The van der Waals surface area contributed by atoms with Crippen molar-refractivity contribution in [1.29, 1.82) is 0 Å². The number of para-hydroxylation sites is 1. The third-order valence-corrected chi connectivity index (χ3v) is 7.22. The third kappa shape index (κ3) is 4.72. The molecule has 0 saturated carbocycles. The predicted molar refractivity (Wildman–Crippen MR) is 109 cm³/mol. The van der Waals surface area contributed by atoms with Gasteiger partial charge in [0, 0.05) is 31.2 Å². The molecule has 0 bridgehead atoms. The summed E-state index contributed by atoms with van der Waals surface area (Å²) in [7, 11) is -3.79. The van der Waals surface area contributed by atoms with Crippen LogP contribution in [-0.4, -0.2) is 56.3 Å². The molecule has 28 heavy (non-hydrogen) atoms. The minimum atomic E-state index is -3.79. The van der Waals surface area contributed by atoms with Crippen molar-refractivity contribution in [3.63, 3.8) is 0 Å². The first-order valence-electron chi connectivity index (χ1n) is 8.39. The van der Waals surface area contributed by atoms with Crippen molar-refractivity contribution in [2.75, 3.05) is 32.8 Å². The maximum Gasteiger partial charge on any atom is 0.260 e. The van der Waals surface area contributed by atoms with Crippen molar-refractivity contribution in [2.24, 2.45) is 0 Å². The second kappa shape index (κ2) is 8.88. The monoisotopic (exact) mass is 462 g/mol. The average molecular weight is 464 g/mol. The maximum absolute atomic E-state index is 12.8. The molecule has 0 spiro atoms. The highest BCUT2D eigenvalue weighted by Crippen LogP contribution is 2.28. The highest BCUT2D eigenvalue weighted by atomic mass is 35.5. The zero-order chi connectivity index (χ0) is 20.3. The van der Waals surface area contributed by atoms with E-state index >= 15 is 0 Å². The fourth-order valence-electron chi connectivity index (χ4n) is 2.78. The van der Waals surface area contributed by atoms with E-state index in [9.17, 15) is 13.2 Å². The minimum Gasteiger partial charge on any atom is -0.482 e. The lowest BCUT2D eigenvalue weighted by Gasteiger charge is -2.34. The molecule has 6 nitrogen and oxygen atoms in total. The average Bonchev–Trinajstić information content (AvgIpc) is 2.69. The van der Waals surface area contributed by atoms with E-state index in [0.717, 1.165) is 0 Å². The van der Waals surface area contributed by atoms with Gasteiger partial charge < -0.3 is 9.64 Å². The van der Waals surface area contributed by atoms with Crippen molar-refractivity contribution >= 4 is 50.7 Å². The van der Waals surface area contributed by atoms with Crippen molar-refractivity contribution in [3.8, 4) is 5.75 Å². The molecule has 1 amide bonds. The summed E-state index contributed by atoms with van der Waals surface area (Å²) in [6.07, 6.45) is 0. The van der Waals surface area contributed by atoms with Gasteiger partial charge in [0.25, 0.3) is 5.91 Å². The largest absolute Gasteiger partial charge is 0.482 e. The molecule has 1 heterocycles. The lowest BCUT2D eigenvalue weighted by molar-refractivity contribution is -0.134. The Hall–Kier alpha value is -1.51. The van der Waals surface area contributed by atoms with Crippen LogP contribution in [-0.2, 0) is 14.8 Å². The van der Waals surface area contributed by atoms with Gasteiger partial charge in [0.05, 0.1) is 10.0 Å². The van der Waals surface area contributed by atoms with Crippen LogP contribution < -0.4 is 4.74 Å². The number of hydrogen-bond donors (Lipinski definition) is 0.